The predicted octanol–water partition coefficient (Wildman–Crippen LogP) is 2.74. The van der Waals surface area contributed by atoms with Gasteiger partial charge >= 0.3 is 6.55 Å². The van der Waals surface area contributed by atoms with Crippen molar-refractivity contribution in [1.29, 1.82) is 0 Å². The molecule has 0 fully saturated rings. The molecule has 0 amide bonds. The van der Waals surface area contributed by atoms with E-state index in [1.54, 1.807) is 12.3 Å². The van der Waals surface area contributed by atoms with Crippen molar-refractivity contribution >= 4 is 11.0 Å². The highest BCUT2D eigenvalue weighted by Crippen LogP contribution is 2.20. The zero-order chi connectivity index (χ0) is 9.42. The molecule has 4 heteroatoms. The van der Waals surface area contributed by atoms with Crippen molar-refractivity contribution in [2.24, 2.45) is 0 Å². The van der Waals surface area contributed by atoms with Crippen LogP contribution in [0.2, 0.25) is 0 Å². The molecule has 0 aliphatic heterocycles. The van der Waals surface area contributed by atoms with Crippen LogP contribution >= 0.6 is 0 Å². The summed E-state index contributed by atoms with van der Waals surface area (Å²) in [5.74, 6) is 0. The summed E-state index contributed by atoms with van der Waals surface area (Å²) in [7, 11) is 0. The summed E-state index contributed by atoms with van der Waals surface area (Å²) in [5.41, 5.74) is 1.31. The third-order valence-electron chi connectivity index (χ3n) is 1.90. The van der Waals surface area contributed by atoms with Gasteiger partial charge in [0.1, 0.15) is 5.65 Å². The van der Waals surface area contributed by atoms with E-state index in [2.05, 4.69) is 4.98 Å². The van der Waals surface area contributed by atoms with Crippen LogP contribution in [-0.4, -0.2) is 9.55 Å². The SMILES string of the molecule is Cc1cnc2c(ccn2C(F)F)c1. The van der Waals surface area contributed by atoms with Crippen LogP contribution in [0, 0.1) is 6.92 Å². The minimum Gasteiger partial charge on any atom is -0.275 e. The van der Waals surface area contributed by atoms with Gasteiger partial charge in [-0.2, -0.15) is 8.78 Å². The monoisotopic (exact) mass is 182 g/mol. The van der Waals surface area contributed by atoms with Crippen LogP contribution in [0.5, 0.6) is 0 Å². The van der Waals surface area contributed by atoms with E-state index in [0.717, 1.165) is 15.5 Å². The molecule has 0 bridgehead atoms. The maximum Gasteiger partial charge on any atom is 0.320 e. The van der Waals surface area contributed by atoms with Gasteiger partial charge in [-0.1, -0.05) is 0 Å². The molecule has 0 aromatic carbocycles. The van der Waals surface area contributed by atoms with E-state index in [1.807, 2.05) is 13.0 Å². The summed E-state index contributed by atoms with van der Waals surface area (Å²) < 4.78 is 25.6. The summed E-state index contributed by atoms with van der Waals surface area (Å²) in [6, 6.07) is 3.47. The van der Waals surface area contributed by atoms with Gasteiger partial charge in [-0.25, -0.2) is 4.98 Å². The van der Waals surface area contributed by atoms with Gasteiger partial charge < -0.3 is 0 Å². The summed E-state index contributed by atoms with van der Waals surface area (Å²) >= 11 is 0. The van der Waals surface area contributed by atoms with Crippen molar-refractivity contribution in [3.8, 4) is 0 Å². The van der Waals surface area contributed by atoms with Crippen LogP contribution in [0.15, 0.2) is 24.5 Å². The Balaban J connectivity index is 2.69. The Hall–Kier alpha value is -1.45. The largest absolute Gasteiger partial charge is 0.320 e. The molecule has 0 aliphatic rings. The van der Waals surface area contributed by atoms with Crippen LogP contribution in [0.3, 0.4) is 0 Å². The van der Waals surface area contributed by atoms with E-state index in [0.29, 0.717) is 5.65 Å². The smallest absolute Gasteiger partial charge is 0.275 e. The number of halogens is 2. The molecule has 0 spiro atoms. The Bertz CT molecular complexity index is 434. The lowest BCUT2D eigenvalue weighted by atomic mass is 10.2. The molecule has 0 radical (unpaired) electrons. The first-order valence-electron chi connectivity index (χ1n) is 3.90. The quantitative estimate of drug-likeness (QED) is 0.663. The molecule has 2 nitrogen and oxygen atoms in total. The number of hydrogen-bond acceptors (Lipinski definition) is 1. The zero-order valence-electron chi connectivity index (χ0n) is 7.04. The minimum absolute atomic E-state index is 0.334. The second-order valence-electron chi connectivity index (χ2n) is 2.93. The zero-order valence-corrected chi connectivity index (χ0v) is 7.04. The van der Waals surface area contributed by atoms with Gasteiger partial charge in [-0.3, -0.25) is 4.57 Å². The van der Waals surface area contributed by atoms with Crippen molar-refractivity contribution in [2.45, 2.75) is 13.5 Å². The van der Waals surface area contributed by atoms with Crippen molar-refractivity contribution in [1.82, 2.24) is 9.55 Å². The van der Waals surface area contributed by atoms with Gasteiger partial charge in [0.15, 0.2) is 0 Å². The second kappa shape index (κ2) is 2.80. The van der Waals surface area contributed by atoms with E-state index in [1.165, 1.54) is 6.20 Å². The standard InChI is InChI=1S/C9H8F2N2/c1-6-4-7-2-3-13(9(10)11)8(7)12-5-6/h2-5,9H,1H3. The summed E-state index contributed by atoms with van der Waals surface area (Å²) in [4.78, 5) is 3.94. The Kier molecular flexibility index (Phi) is 1.76. The lowest BCUT2D eigenvalue weighted by Crippen LogP contribution is -1.96. The van der Waals surface area contributed by atoms with Crippen molar-refractivity contribution in [3.05, 3.63) is 30.1 Å². The van der Waals surface area contributed by atoms with Crippen molar-refractivity contribution in [3.63, 3.8) is 0 Å². The molecule has 13 heavy (non-hydrogen) atoms. The van der Waals surface area contributed by atoms with Gasteiger partial charge in [0.05, 0.1) is 0 Å². The number of rotatable bonds is 1. The maximum absolute atomic E-state index is 12.4. The summed E-state index contributed by atoms with van der Waals surface area (Å²) in [6.45, 7) is -0.640. The fraction of sp³-hybridized carbons (Fsp3) is 0.222. The molecular formula is C9H8F2N2. The summed E-state index contributed by atoms with van der Waals surface area (Å²) in [6.07, 6.45) is 2.93. The fourth-order valence-electron chi connectivity index (χ4n) is 1.31. The van der Waals surface area contributed by atoms with E-state index in [9.17, 15) is 8.78 Å². The molecule has 0 saturated carbocycles. The average Bonchev–Trinajstić information content (AvgIpc) is 2.46. The third kappa shape index (κ3) is 1.28. The molecular weight excluding hydrogens is 174 g/mol. The van der Waals surface area contributed by atoms with Crippen LogP contribution in [0.1, 0.15) is 12.1 Å². The Morgan fingerprint density at radius 3 is 2.92 bits per heavy atom. The molecule has 0 saturated heterocycles. The molecule has 2 rings (SSSR count). The van der Waals surface area contributed by atoms with Crippen molar-refractivity contribution < 1.29 is 8.78 Å². The normalized spacial score (nSPS) is 11.4. The topological polar surface area (TPSA) is 17.8 Å². The van der Waals surface area contributed by atoms with Crippen LogP contribution in [0.25, 0.3) is 11.0 Å². The van der Waals surface area contributed by atoms with Crippen LogP contribution in [0.4, 0.5) is 8.78 Å². The lowest BCUT2D eigenvalue weighted by Gasteiger charge is -2.01. The number of nitrogens with zero attached hydrogens (tertiary/aromatic N) is 2. The third-order valence-corrected chi connectivity index (χ3v) is 1.90. The fourth-order valence-corrected chi connectivity index (χ4v) is 1.31. The lowest BCUT2D eigenvalue weighted by molar-refractivity contribution is 0.0746. The number of aromatic nitrogens is 2. The van der Waals surface area contributed by atoms with Crippen molar-refractivity contribution in [2.75, 3.05) is 0 Å². The van der Waals surface area contributed by atoms with Gasteiger partial charge in [0, 0.05) is 17.8 Å². The highest BCUT2D eigenvalue weighted by Gasteiger charge is 2.09. The Morgan fingerprint density at radius 1 is 1.46 bits per heavy atom. The molecule has 2 aromatic rings. The number of pyridine rings is 1. The van der Waals surface area contributed by atoms with Gasteiger partial charge in [0.2, 0.25) is 0 Å². The van der Waals surface area contributed by atoms with E-state index in [-0.39, 0.29) is 0 Å². The summed E-state index contributed by atoms with van der Waals surface area (Å²) in [5, 5.41) is 0.750. The van der Waals surface area contributed by atoms with Gasteiger partial charge in [-0.15, -0.1) is 0 Å². The van der Waals surface area contributed by atoms with E-state index >= 15 is 0 Å². The second-order valence-corrected chi connectivity index (χ2v) is 2.93. The molecule has 0 N–H and O–H groups in total. The van der Waals surface area contributed by atoms with E-state index < -0.39 is 6.55 Å². The number of aryl methyl sites for hydroxylation is 1. The first-order chi connectivity index (χ1) is 6.18. The molecule has 0 atom stereocenters. The maximum atomic E-state index is 12.4. The molecule has 0 aliphatic carbocycles. The van der Waals surface area contributed by atoms with Gasteiger partial charge in [-0.05, 0) is 24.6 Å². The highest BCUT2D eigenvalue weighted by atomic mass is 19.3. The first kappa shape index (κ1) is 8.16. The molecule has 68 valence electrons. The van der Waals surface area contributed by atoms with Gasteiger partial charge in [0.25, 0.3) is 0 Å². The van der Waals surface area contributed by atoms with E-state index in [4.69, 9.17) is 0 Å². The Labute approximate surface area is 73.8 Å². The van der Waals surface area contributed by atoms with Crippen LogP contribution < -0.4 is 0 Å². The molecule has 0 unspecified atom stereocenters. The number of alkyl halides is 2. The average molecular weight is 182 g/mol. The number of hydrogen-bond donors (Lipinski definition) is 0. The first-order valence-corrected chi connectivity index (χ1v) is 3.90. The number of fused-ring (bicyclic) bond motifs is 1. The Morgan fingerprint density at radius 2 is 2.23 bits per heavy atom. The molecule has 2 heterocycles. The highest BCUT2D eigenvalue weighted by molar-refractivity contribution is 5.76. The minimum atomic E-state index is -2.52. The predicted molar refractivity (Wildman–Crippen MR) is 45.7 cm³/mol. The van der Waals surface area contributed by atoms with Crippen LogP contribution in [-0.2, 0) is 0 Å². The molecule has 2 aromatic heterocycles.